The molecule has 0 saturated heterocycles. The van der Waals surface area contributed by atoms with Gasteiger partial charge in [-0.2, -0.15) is 0 Å². The summed E-state index contributed by atoms with van der Waals surface area (Å²) in [6.07, 6.45) is 2.57. The number of nitrogens with zero attached hydrogens (tertiary/aromatic N) is 4. The fourth-order valence-corrected chi connectivity index (χ4v) is 2.37. The van der Waals surface area contributed by atoms with Crippen LogP contribution in [-0.2, 0) is 19.5 Å². The highest BCUT2D eigenvalue weighted by Gasteiger charge is 2.06. The van der Waals surface area contributed by atoms with Crippen molar-refractivity contribution < 1.29 is 9.13 Å². The van der Waals surface area contributed by atoms with Gasteiger partial charge in [0.2, 0.25) is 0 Å². The van der Waals surface area contributed by atoms with E-state index in [0.29, 0.717) is 25.7 Å². The summed E-state index contributed by atoms with van der Waals surface area (Å²) in [4.78, 5) is 4.17. The Bertz CT molecular complexity index is 700. The van der Waals surface area contributed by atoms with E-state index in [1.165, 1.54) is 6.07 Å². The topological polar surface area (TPSA) is 76.4 Å². The van der Waals surface area contributed by atoms with Crippen molar-refractivity contribution in [3.05, 3.63) is 41.7 Å². The zero-order valence-electron chi connectivity index (χ0n) is 14.9. The van der Waals surface area contributed by atoms with E-state index in [1.807, 2.05) is 24.5 Å². The number of rotatable bonds is 8. The van der Waals surface area contributed by atoms with Gasteiger partial charge in [0.15, 0.2) is 17.5 Å². The van der Waals surface area contributed by atoms with Crippen molar-refractivity contribution in [2.24, 2.45) is 4.99 Å². The number of nitrogens with one attached hydrogen (secondary N) is 2. The van der Waals surface area contributed by atoms with Gasteiger partial charge >= 0.3 is 0 Å². The van der Waals surface area contributed by atoms with E-state index in [-0.39, 0.29) is 11.6 Å². The van der Waals surface area contributed by atoms with E-state index >= 15 is 0 Å². The van der Waals surface area contributed by atoms with Crippen LogP contribution >= 0.6 is 0 Å². The number of ether oxygens (including phenoxy) is 1. The first-order chi connectivity index (χ1) is 12.2. The standard InChI is InChI=1S/C17H25FN6O/c1-4-16-23-22-12-24(16)9-8-20-17(19-3)21-11-13-6-7-15(25-5-2)14(18)10-13/h6-7,10,12H,4-5,8-9,11H2,1-3H3,(H2,19,20,21). The lowest BCUT2D eigenvalue weighted by Gasteiger charge is -2.13. The summed E-state index contributed by atoms with van der Waals surface area (Å²) in [6.45, 7) is 6.21. The minimum atomic E-state index is -0.358. The average molecular weight is 348 g/mol. The smallest absolute Gasteiger partial charge is 0.191 e. The Kier molecular flexibility index (Phi) is 7.18. The average Bonchev–Trinajstić information content (AvgIpc) is 3.07. The molecule has 8 heteroatoms. The van der Waals surface area contributed by atoms with E-state index in [0.717, 1.165) is 24.4 Å². The molecular weight excluding hydrogens is 323 g/mol. The van der Waals surface area contributed by atoms with Crippen LogP contribution in [0.4, 0.5) is 4.39 Å². The number of benzene rings is 1. The van der Waals surface area contributed by atoms with Crippen molar-refractivity contribution in [2.75, 3.05) is 20.2 Å². The Morgan fingerprint density at radius 3 is 2.84 bits per heavy atom. The summed E-state index contributed by atoms with van der Waals surface area (Å²) in [7, 11) is 1.70. The van der Waals surface area contributed by atoms with Crippen LogP contribution in [0.25, 0.3) is 0 Å². The van der Waals surface area contributed by atoms with Gasteiger partial charge in [-0.05, 0) is 24.6 Å². The van der Waals surface area contributed by atoms with Gasteiger partial charge in [0.1, 0.15) is 12.2 Å². The largest absolute Gasteiger partial charge is 0.491 e. The van der Waals surface area contributed by atoms with Gasteiger partial charge in [-0.3, -0.25) is 4.99 Å². The van der Waals surface area contributed by atoms with E-state index < -0.39 is 0 Å². The molecule has 0 amide bonds. The maximum atomic E-state index is 13.9. The van der Waals surface area contributed by atoms with Crippen molar-refractivity contribution in [1.29, 1.82) is 0 Å². The summed E-state index contributed by atoms with van der Waals surface area (Å²) in [5.74, 6) is 1.52. The van der Waals surface area contributed by atoms with Crippen LogP contribution in [0, 0.1) is 5.82 Å². The maximum Gasteiger partial charge on any atom is 0.191 e. The van der Waals surface area contributed by atoms with Gasteiger partial charge in [-0.25, -0.2) is 4.39 Å². The molecule has 2 aromatic rings. The SMILES string of the molecule is CCOc1ccc(CNC(=NC)NCCn2cnnc2CC)cc1F. The summed E-state index contributed by atoms with van der Waals surface area (Å²) >= 11 is 0. The molecule has 0 saturated carbocycles. The molecule has 7 nitrogen and oxygen atoms in total. The van der Waals surface area contributed by atoms with Gasteiger partial charge in [-0.1, -0.05) is 13.0 Å². The Hall–Kier alpha value is -2.64. The van der Waals surface area contributed by atoms with Gasteiger partial charge < -0.3 is 19.9 Å². The molecule has 0 aliphatic carbocycles. The monoisotopic (exact) mass is 348 g/mol. The number of aryl methyl sites for hydroxylation is 1. The lowest BCUT2D eigenvalue weighted by molar-refractivity contribution is 0.321. The molecule has 2 N–H and O–H groups in total. The third-order valence-electron chi connectivity index (χ3n) is 3.64. The number of guanidine groups is 1. The molecular formula is C17H25FN6O. The van der Waals surface area contributed by atoms with Crippen LogP contribution < -0.4 is 15.4 Å². The fourth-order valence-electron chi connectivity index (χ4n) is 2.37. The van der Waals surface area contributed by atoms with Crippen molar-refractivity contribution >= 4 is 5.96 Å². The molecule has 0 atom stereocenters. The van der Waals surface area contributed by atoms with Gasteiger partial charge in [0.05, 0.1) is 6.61 Å². The molecule has 0 fully saturated rings. The Morgan fingerprint density at radius 2 is 2.16 bits per heavy atom. The molecule has 1 heterocycles. The first-order valence-electron chi connectivity index (χ1n) is 8.40. The predicted molar refractivity (Wildman–Crippen MR) is 95.2 cm³/mol. The quantitative estimate of drug-likeness (QED) is 0.561. The molecule has 0 aliphatic heterocycles. The van der Waals surface area contributed by atoms with Crippen molar-refractivity contribution in [3.63, 3.8) is 0 Å². The summed E-state index contributed by atoms with van der Waals surface area (Å²) in [5.41, 5.74) is 0.816. The lowest BCUT2D eigenvalue weighted by atomic mass is 10.2. The molecule has 1 aromatic heterocycles. The number of hydrogen-bond donors (Lipinski definition) is 2. The third-order valence-corrected chi connectivity index (χ3v) is 3.64. The number of aromatic nitrogens is 3. The van der Waals surface area contributed by atoms with Gasteiger partial charge in [-0.15, -0.1) is 10.2 Å². The van der Waals surface area contributed by atoms with E-state index in [4.69, 9.17) is 4.74 Å². The Morgan fingerprint density at radius 1 is 1.32 bits per heavy atom. The van der Waals surface area contributed by atoms with E-state index in [1.54, 1.807) is 19.4 Å². The number of aliphatic imine (C=N–C) groups is 1. The number of halogens is 1. The van der Waals surface area contributed by atoms with Crippen molar-refractivity contribution in [2.45, 2.75) is 33.4 Å². The highest BCUT2D eigenvalue weighted by Crippen LogP contribution is 2.18. The Balaban J connectivity index is 1.81. The molecule has 25 heavy (non-hydrogen) atoms. The molecule has 0 unspecified atom stereocenters. The van der Waals surface area contributed by atoms with Crippen LogP contribution in [-0.4, -0.2) is 40.9 Å². The first kappa shape index (κ1) is 18.7. The molecule has 2 rings (SSSR count). The summed E-state index contributed by atoms with van der Waals surface area (Å²) < 4.78 is 21.1. The molecule has 0 aliphatic rings. The molecule has 136 valence electrons. The van der Waals surface area contributed by atoms with Crippen LogP contribution in [0.3, 0.4) is 0 Å². The maximum absolute atomic E-state index is 13.9. The highest BCUT2D eigenvalue weighted by atomic mass is 19.1. The first-order valence-corrected chi connectivity index (χ1v) is 8.40. The fraction of sp³-hybridized carbons (Fsp3) is 0.471. The predicted octanol–water partition coefficient (Wildman–Crippen LogP) is 1.74. The van der Waals surface area contributed by atoms with E-state index in [2.05, 4.69) is 25.8 Å². The minimum Gasteiger partial charge on any atom is -0.491 e. The summed E-state index contributed by atoms with van der Waals surface area (Å²) in [6, 6.07) is 4.94. The van der Waals surface area contributed by atoms with Crippen molar-refractivity contribution in [3.8, 4) is 5.75 Å². The van der Waals surface area contributed by atoms with Crippen LogP contribution in [0.1, 0.15) is 25.2 Å². The Labute approximate surface area is 147 Å². The highest BCUT2D eigenvalue weighted by molar-refractivity contribution is 5.79. The molecule has 0 bridgehead atoms. The molecule has 0 spiro atoms. The zero-order chi connectivity index (χ0) is 18.1. The van der Waals surface area contributed by atoms with Gasteiger partial charge in [0, 0.05) is 33.1 Å². The zero-order valence-corrected chi connectivity index (χ0v) is 14.9. The van der Waals surface area contributed by atoms with Crippen molar-refractivity contribution in [1.82, 2.24) is 25.4 Å². The molecule has 0 radical (unpaired) electrons. The third kappa shape index (κ3) is 5.44. The number of hydrogen-bond acceptors (Lipinski definition) is 4. The molecule has 1 aromatic carbocycles. The van der Waals surface area contributed by atoms with E-state index in [9.17, 15) is 4.39 Å². The second-order valence-corrected chi connectivity index (χ2v) is 5.34. The second kappa shape index (κ2) is 9.61. The summed E-state index contributed by atoms with van der Waals surface area (Å²) in [5, 5.41) is 14.3. The second-order valence-electron chi connectivity index (χ2n) is 5.34. The minimum absolute atomic E-state index is 0.273. The van der Waals surface area contributed by atoms with Gasteiger partial charge in [0.25, 0.3) is 0 Å². The van der Waals surface area contributed by atoms with Crippen LogP contribution in [0.15, 0.2) is 29.5 Å². The normalized spacial score (nSPS) is 11.4. The van der Waals surface area contributed by atoms with Crippen LogP contribution in [0.2, 0.25) is 0 Å². The van der Waals surface area contributed by atoms with Crippen LogP contribution in [0.5, 0.6) is 5.75 Å². The lowest BCUT2D eigenvalue weighted by Crippen LogP contribution is -2.38.